The zero-order valence-electron chi connectivity index (χ0n) is 11.2. The third kappa shape index (κ3) is 7.24. The Bertz CT molecular complexity index is 365. The first-order chi connectivity index (χ1) is 9.22. The van der Waals surface area contributed by atoms with Crippen LogP contribution >= 0.6 is 0 Å². The molecule has 2 amide bonds. The topological polar surface area (TPSA) is 82.0 Å². The molecule has 1 aliphatic rings. The van der Waals surface area contributed by atoms with E-state index in [1.807, 2.05) is 6.08 Å². The minimum atomic E-state index is -0.269. The van der Waals surface area contributed by atoms with E-state index in [2.05, 4.69) is 10.6 Å². The lowest BCUT2D eigenvalue weighted by atomic mass is 10.1. The highest BCUT2D eigenvalue weighted by atomic mass is 16.2. The van der Waals surface area contributed by atoms with Gasteiger partial charge in [-0.25, -0.2) is 0 Å². The molecule has 1 rings (SSSR count). The van der Waals surface area contributed by atoms with Crippen molar-refractivity contribution in [1.29, 1.82) is 5.26 Å². The van der Waals surface area contributed by atoms with Gasteiger partial charge in [-0.2, -0.15) is 5.26 Å². The first kappa shape index (κ1) is 15.2. The molecule has 0 spiro atoms. The van der Waals surface area contributed by atoms with E-state index in [1.165, 1.54) is 25.7 Å². The van der Waals surface area contributed by atoms with E-state index in [-0.39, 0.29) is 18.2 Å². The number of nitrogens with zero attached hydrogens (tertiary/aromatic N) is 1. The number of carbonyl (C=O) groups is 2. The van der Waals surface area contributed by atoms with Gasteiger partial charge in [-0.15, -0.1) is 0 Å². The molecule has 2 N–H and O–H groups in total. The fourth-order valence-corrected chi connectivity index (χ4v) is 2.09. The average molecular weight is 263 g/mol. The summed E-state index contributed by atoms with van der Waals surface area (Å²) < 4.78 is 0. The van der Waals surface area contributed by atoms with Crippen LogP contribution in [0.2, 0.25) is 0 Å². The van der Waals surface area contributed by atoms with Gasteiger partial charge in [0, 0.05) is 13.1 Å². The SMILES string of the molecule is N#CCC(=O)NCCCNC(=O)/C=C/C1CCCC1. The highest BCUT2D eigenvalue weighted by Gasteiger charge is 2.11. The maximum Gasteiger partial charge on any atom is 0.243 e. The van der Waals surface area contributed by atoms with Crippen LogP contribution < -0.4 is 10.6 Å². The van der Waals surface area contributed by atoms with Gasteiger partial charge in [-0.1, -0.05) is 18.9 Å². The minimum absolute atomic E-state index is 0.0738. The van der Waals surface area contributed by atoms with Crippen LogP contribution in [-0.4, -0.2) is 24.9 Å². The fraction of sp³-hybridized carbons (Fsp3) is 0.643. The fourth-order valence-electron chi connectivity index (χ4n) is 2.09. The molecule has 0 aromatic carbocycles. The van der Waals surface area contributed by atoms with Gasteiger partial charge in [-0.3, -0.25) is 9.59 Å². The molecular weight excluding hydrogens is 242 g/mol. The number of carbonyl (C=O) groups excluding carboxylic acids is 2. The van der Waals surface area contributed by atoms with E-state index in [4.69, 9.17) is 5.26 Å². The summed E-state index contributed by atoms with van der Waals surface area (Å²) in [5, 5.41) is 13.7. The van der Waals surface area contributed by atoms with Crippen LogP contribution in [0.3, 0.4) is 0 Å². The van der Waals surface area contributed by atoms with Crippen molar-refractivity contribution in [2.75, 3.05) is 13.1 Å². The van der Waals surface area contributed by atoms with Gasteiger partial charge in [0.05, 0.1) is 6.07 Å². The summed E-state index contributed by atoms with van der Waals surface area (Å²) in [6.07, 6.45) is 9.07. The van der Waals surface area contributed by atoms with Crippen LogP contribution in [0.1, 0.15) is 38.5 Å². The van der Waals surface area contributed by atoms with Crippen molar-refractivity contribution in [1.82, 2.24) is 10.6 Å². The van der Waals surface area contributed by atoms with E-state index in [9.17, 15) is 9.59 Å². The van der Waals surface area contributed by atoms with Crippen molar-refractivity contribution >= 4 is 11.8 Å². The lowest BCUT2D eigenvalue weighted by Gasteiger charge is -2.04. The lowest BCUT2D eigenvalue weighted by molar-refractivity contribution is -0.120. The number of nitrogens with one attached hydrogen (secondary N) is 2. The van der Waals surface area contributed by atoms with Crippen molar-refractivity contribution in [2.24, 2.45) is 5.92 Å². The molecular formula is C14H21N3O2. The predicted octanol–water partition coefficient (Wildman–Crippen LogP) is 1.27. The Balaban J connectivity index is 2.01. The maximum atomic E-state index is 11.5. The number of rotatable bonds is 7. The predicted molar refractivity (Wildman–Crippen MR) is 72.0 cm³/mol. The number of allylic oxidation sites excluding steroid dienone is 1. The van der Waals surface area contributed by atoms with Gasteiger partial charge in [0.2, 0.25) is 11.8 Å². The number of nitriles is 1. The molecule has 0 saturated heterocycles. The smallest absolute Gasteiger partial charge is 0.243 e. The van der Waals surface area contributed by atoms with Crippen LogP contribution in [-0.2, 0) is 9.59 Å². The number of amides is 2. The van der Waals surface area contributed by atoms with Gasteiger partial charge >= 0.3 is 0 Å². The summed E-state index contributed by atoms with van der Waals surface area (Å²) >= 11 is 0. The van der Waals surface area contributed by atoms with Crippen LogP contribution in [0.4, 0.5) is 0 Å². The van der Waals surface area contributed by atoms with E-state index in [1.54, 1.807) is 12.1 Å². The summed E-state index contributed by atoms with van der Waals surface area (Å²) in [6, 6.07) is 1.78. The zero-order chi connectivity index (χ0) is 13.9. The second kappa shape index (κ2) is 9.15. The summed E-state index contributed by atoms with van der Waals surface area (Å²) in [5.41, 5.74) is 0. The number of hydrogen-bond donors (Lipinski definition) is 2. The monoisotopic (exact) mass is 263 g/mol. The molecule has 0 bridgehead atoms. The first-order valence-electron chi connectivity index (χ1n) is 6.82. The highest BCUT2D eigenvalue weighted by Crippen LogP contribution is 2.25. The normalized spacial score (nSPS) is 15.3. The van der Waals surface area contributed by atoms with Crippen molar-refractivity contribution < 1.29 is 9.59 Å². The molecule has 19 heavy (non-hydrogen) atoms. The molecule has 0 aliphatic heterocycles. The first-order valence-corrected chi connectivity index (χ1v) is 6.82. The lowest BCUT2D eigenvalue weighted by Crippen LogP contribution is -2.28. The largest absolute Gasteiger partial charge is 0.355 e. The van der Waals surface area contributed by atoms with Crippen LogP contribution in [0.5, 0.6) is 0 Å². The maximum absolute atomic E-state index is 11.5. The molecule has 0 unspecified atom stereocenters. The number of hydrogen-bond acceptors (Lipinski definition) is 3. The van der Waals surface area contributed by atoms with Crippen molar-refractivity contribution in [3.8, 4) is 6.07 Å². The van der Waals surface area contributed by atoms with Gasteiger partial charge < -0.3 is 10.6 Å². The molecule has 1 saturated carbocycles. The Labute approximate surface area is 114 Å². The molecule has 0 radical (unpaired) electrons. The average Bonchev–Trinajstić information content (AvgIpc) is 2.89. The Hall–Kier alpha value is -1.83. The zero-order valence-corrected chi connectivity index (χ0v) is 11.2. The Morgan fingerprint density at radius 1 is 1.21 bits per heavy atom. The summed E-state index contributed by atoms with van der Waals surface area (Å²) in [6.45, 7) is 1.01. The Morgan fingerprint density at radius 2 is 1.89 bits per heavy atom. The Kier molecular flexibility index (Phi) is 7.33. The van der Waals surface area contributed by atoms with E-state index >= 15 is 0 Å². The third-order valence-electron chi connectivity index (χ3n) is 3.13. The molecule has 0 heterocycles. The standard InChI is InChI=1S/C14H21N3O2/c15-9-8-14(19)17-11-3-10-16-13(18)7-6-12-4-1-2-5-12/h6-7,12H,1-5,8,10-11H2,(H,16,18)(H,17,19)/b7-6+. The van der Waals surface area contributed by atoms with Gasteiger partial charge in [-0.05, 0) is 31.3 Å². The van der Waals surface area contributed by atoms with Crippen molar-refractivity contribution in [2.45, 2.75) is 38.5 Å². The Morgan fingerprint density at radius 3 is 2.58 bits per heavy atom. The quantitative estimate of drug-likeness (QED) is 0.536. The van der Waals surface area contributed by atoms with Crippen LogP contribution in [0, 0.1) is 17.2 Å². The van der Waals surface area contributed by atoms with Crippen LogP contribution in [0.15, 0.2) is 12.2 Å². The van der Waals surface area contributed by atoms with Gasteiger partial charge in [0.15, 0.2) is 0 Å². The minimum Gasteiger partial charge on any atom is -0.355 e. The molecule has 0 aromatic heterocycles. The molecule has 0 aromatic rings. The molecule has 5 heteroatoms. The molecule has 1 aliphatic carbocycles. The van der Waals surface area contributed by atoms with Gasteiger partial charge in [0.25, 0.3) is 0 Å². The van der Waals surface area contributed by atoms with E-state index in [0.29, 0.717) is 25.4 Å². The van der Waals surface area contributed by atoms with Crippen molar-refractivity contribution in [3.63, 3.8) is 0 Å². The van der Waals surface area contributed by atoms with Crippen molar-refractivity contribution in [3.05, 3.63) is 12.2 Å². The molecule has 1 fully saturated rings. The summed E-state index contributed by atoms with van der Waals surface area (Å²) in [5.74, 6) is 0.223. The molecule has 0 atom stereocenters. The molecule has 104 valence electrons. The highest BCUT2D eigenvalue weighted by molar-refractivity contribution is 5.87. The second-order valence-corrected chi connectivity index (χ2v) is 4.73. The van der Waals surface area contributed by atoms with E-state index in [0.717, 1.165) is 0 Å². The van der Waals surface area contributed by atoms with Gasteiger partial charge in [0.1, 0.15) is 6.42 Å². The summed E-state index contributed by atoms with van der Waals surface area (Å²) in [4.78, 5) is 22.4. The second-order valence-electron chi connectivity index (χ2n) is 4.73. The van der Waals surface area contributed by atoms with E-state index < -0.39 is 0 Å². The van der Waals surface area contributed by atoms with Crippen LogP contribution in [0.25, 0.3) is 0 Å². The summed E-state index contributed by atoms with van der Waals surface area (Å²) in [7, 11) is 0. The third-order valence-corrected chi connectivity index (χ3v) is 3.13. The molecule has 5 nitrogen and oxygen atoms in total.